The van der Waals surface area contributed by atoms with E-state index in [1.807, 2.05) is 65.6 Å². The lowest BCUT2D eigenvalue weighted by Crippen LogP contribution is -2.20. The smallest absolute Gasteiger partial charge is 0.304 e. The predicted molar refractivity (Wildman–Crippen MR) is 99.9 cm³/mol. The lowest BCUT2D eigenvalue weighted by molar-refractivity contribution is -0.136. The number of carbonyl (C=O) groups is 1. The quantitative estimate of drug-likeness (QED) is 0.451. The van der Waals surface area contributed by atoms with Crippen molar-refractivity contribution in [3.63, 3.8) is 0 Å². The summed E-state index contributed by atoms with van der Waals surface area (Å²) in [6, 6.07) is 19.8. The highest BCUT2D eigenvalue weighted by Crippen LogP contribution is 2.33. The van der Waals surface area contributed by atoms with E-state index >= 15 is 0 Å². The molecule has 3 nitrogen and oxygen atoms in total. The summed E-state index contributed by atoms with van der Waals surface area (Å²) < 4.78 is 0.688. The molecule has 0 unspecified atom stereocenters. The number of rotatable bonds is 6. The van der Waals surface area contributed by atoms with E-state index in [4.69, 9.17) is 17.3 Å². The second kappa shape index (κ2) is 8.82. The van der Waals surface area contributed by atoms with Gasteiger partial charge in [-0.2, -0.15) is 0 Å². The van der Waals surface area contributed by atoms with E-state index in [2.05, 4.69) is 0 Å². The average Bonchev–Trinajstić information content (AvgIpc) is 2.54. The highest BCUT2D eigenvalue weighted by atomic mass is 33.1. The zero-order valence-electron chi connectivity index (χ0n) is 11.7. The molecule has 0 aliphatic rings. The lowest BCUT2D eigenvalue weighted by Gasteiger charge is -2.24. The summed E-state index contributed by atoms with van der Waals surface area (Å²) in [5.41, 5.74) is 1.98. The predicted octanol–water partition coefficient (Wildman–Crippen LogP) is 4.97. The minimum absolute atomic E-state index is 0.136. The average molecular weight is 350 g/mol. The molecule has 0 fully saturated rings. The number of nitrogens with zero attached hydrogens (tertiary/aromatic N) is 1. The van der Waals surface area contributed by atoms with E-state index in [9.17, 15) is 4.79 Å². The van der Waals surface area contributed by atoms with Crippen LogP contribution in [0.3, 0.4) is 0 Å². The van der Waals surface area contributed by atoms with E-state index in [1.54, 1.807) is 0 Å². The zero-order chi connectivity index (χ0) is 15.8. The first-order chi connectivity index (χ1) is 10.7. The van der Waals surface area contributed by atoms with Crippen molar-refractivity contribution in [2.24, 2.45) is 0 Å². The van der Waals surface area contributed by atoms with Gasteiger partial charge in [0.05, 0.1) is 6.42 Å². The summed E-state index contributed by atoms with van der Waals surface area (Å²) >= 11 is 5.54. The lowest BCUT2D eigenvalue weighted by atomic mass is 10.2. The summed E-state index contributed by atoms with van der Waals surface area (Å²) in [6.45, 7) is 0. The van der Waals surface area contributed by atoms with Crippen LogP contribution in [0.2, 0.25) is 0 Å². The van der Waals surface area contributed by atoms with Crippen molar-refractivity contribution in [2.45, 2.75) is 6.42 Å². The van der Waals surface area contributed by atoms with Gasteiger partial charge in [-0.15, -0.1) is 0 Å². The summed E-state index contributed by atoms with van der Waals surface area (Å²) in [7, 11) is 2.89. The molecular formula is C16H15NO2S3. The molecule has 1 N–H and O–H groups in total. The van der Waals surface area contributed by atoms with Crippen molar-refractivity contribution in [2.75, 3.05) is 10.7 Å². The van der Waals surface area contributed by atoms with Gasteiger partial charge in [0.15, 0.2) is 4.32 Å². The van der Waals surface area contributed by atoms with Gasteiger partial charge in [-0.3, -0.25) is 9.69 Å². The third-order valence-corrected chi connectivity index (χ3v) is 5.63. The van der Waals surface area contributed by atoms with Crippen LogP contribution in [0.4, 0.5) is 11.4 Å². The Bertz CT molecular complexity index is 580. The number of benzene rings is 2. The normalized spacial score (nSPS) is 10.2. The fourth-order valence-electron chi connectivity index (χ4n) is 1.77. The first-order valence-corrected chi connectivity index (χ1v) is 9.36. The molecule has 2 rings (SSSR count). The molecule has 0 bridgehead atoms. The monoisotopic (exact) mass is 349 g/mol. The van der Waals surface area contributed by atoms with Crippen LogP contribution in [0.1, 0.15) is 6.42 Å². The maximum atomic E-state index is 10.6. The van der Waals surface area contributed by atoms with Crippen molar-refractivity contribution in [3.8, 4) is 0 Å². The molecule has 0 aromatic heterocycles. The van der Waals surface area contributed by atoms with Gasteiger partial charge in [0.2, 0.25) is 0 Å². The SMILES string of the molecule is O=C(O)CCSSC(=S)N(c1ccccc1)c1ccccc1. The van der Waals surface area contributed by atoms with Crippen LogP contribution in [0.25, 0.3) is 0 Å². The minimum Gasteiger partial charge on any atom is -0.481 e. The Morgan fingerprint density at radius 1 is 1.00 bits per heavy atom. The molecule has 0 atom stereocenters. The first-order valence-electron chi connectivity index (χ1n) is 6.64. The molecule has 0 aliphatic carbocycles. The molecule has 2 aromatic carbocycles. The number of thiocarbonyl (C=S) groups is 1. The summed E-state index contributed by atoms with van der Waals surface area (Å²) in [4.78, 5) is 12.5. The van der Waals surface area contributed by atoms with Gasteiger partial charge >= 0.3 is 5.97 Å². The summed E-state index contributed by atoms with van der Waals surface area (Å²) in [5, 5.41) is 8.68. The highest BCUT2D eigenvalue weighted by Gasteiger charge is 2.15. The van der Waals surface area contributed by atoms with Gasteiger partial charge in [0, 0.05) is 17.1 Å². The maximum Gasteiger partial charge on any atom is 0.304 e. The number of hydrogen-bond donors (Lipinski definition) is 1. The van der Waals surface area contributed by atoms with E-state index < -0.39 is 5.97 Å². The molecular weight excluding hydrogens is 334 g/mol. The Morgan fingerprint density at radius 2 is 1.50 bits per heavy atom. The van der Waals surface area contributed by atoms with Crippen LogP contribution in [0.5, 0.6) is 0 Å². The molecule has 0 saturated heterocycles. The molecule has 0 amide bonds. The molecule has 22 heavy (non-hydrogen) atoms. The minimum atomic E-state index is -0.790. The Morgan fingerprint density at radius 3 is 1.95 bits per heavy atom. The van der Waals surface area contributed by atoms with Gasteiger partial charge in [-0.1, -0.05) is 59.4 Å². The topological polar surface area (TPSA) is 40.5 Å². The van der Waals surface area contributed by atoms with Gasteiger partial charge in [-0.05, 0) is 35.1 Å². The third-order valence-electron chi connectivity index (χ3n) is 2.74. The summed E-state index contributed by atoms with van der Waals surface area (Å²) in [6.07, 6.45) is 0.136. The second-order valence-electron chi connectivity index (χ2n) is 4.32. The number of para-hydroxylation sites is 2. The van der Waals surface area contributed by atoms with Crippen LogP contribution in [-0.2, 0) is 4.79 Å². The third kappa shape index (κ3) is 5.05. The van der Waals surface area contributed by atoms with Crippen molar-refractivity contribution in [3.05, 3.63) is 60.7 Å². The second-order valence-corrected chi connectivity index (χ2v) is 7.37. The van der Waals surface area contributed by atoms with E-state index in [1.165, 1.54) is 21.6 Å². The first kappa shape index (κ1) is 16.9. The van der Waals surface area contributed by atoms with Crippen LogP contribution in [-0.4, -0.2) is 21.1 Å². The molecule has 114 valence electrons. The molecule has 0 radical (unpaired) electrons. The van der Waals surface area contributed by atoms with Crippen LogP contribution in [0.15, 0.2) is 60.7 Å². The van der Waals surface area contributed by atoms with Crippen LogP contribution >= 0.6 is 33.8 Å². The standard InChI is InChI=1S/C16H15NO2S3/c18-15(19)11-12-21-22-16(20)17(13-7-3-1-4-8-13)14-9-5-2-6-10-14/h1-10H,11-12H2,(H,18,19). The van der Waals surface area contributed by atoms with Gasteiger partial charge in [0.1, 0.15) is 0 Å². The molecule has 0 spiro atoms. The number of carboxylic acids is 1. The van der Waals surface area contributed by atoms with Crippen molar-refractivity contribution in [1.29, 1.82) is 0 Å². The van der Waals surface area contributed by atoms with Gasteiger partial charge in [0.25, 0.3) is 0 Å². The van der Waals surface area contributed by atoms with Gasteiger partial charge < -0.3 is 5.11 Å². The van der Waals surface area contributed by atoms with Crippen LogP contribution < -0.4 is 4.90 Å². The number of anilines is 2. The molecule has 6 heteroatoms. The Balaban J connectivity index is 2.11. The van der Waals surface area contributed by atoms with E-state index in [-0.39, 0.29) is 6.42 Å². The fourth-order valence-corrected chi connectivity index (χ4v) is 4.17. The zero-order valence-corrected chi connectivity index (χ0v) is 14.2. The molecule has 0 saturated carbocycles. The summed E-state index contributed by atoms with van der Waals surface area (Å²) in [5.74, 6) is -0.264. The van der Waals surface area contributed by atoms with Crippen LogP contribution in [0, 0.1) is 0 Å². The number of aliphatic carboxylic acids is 1. The number of carboxylic acid groups (broad SMARTS) is 1. The van der Waals surface area contributed by atoms with E-state index in [0.29, 0.717) is 10.1 Å². The molecule has 0 heterocycles. The molecule has 0 aliphatic heterocycles. The van der Waals surface area contributed by atoms with Crippen molar-refractivity contribution >= 4 is 55.5 Å². The highest BCUT2D eigenvalue weighted by molar-refractivity contribution is 8.83. The Kier molecular flexibility index (Phi) is 6.76. The van der Waals surface area contributed by atoms with Crippen molar-refractivity contribution < 1.29 is 9.90 Å². The van der Waals surface area contributed by atoms with Gasteiger partial charge in [-0.25, -0.2) is 0 Å². The Labute approximate surface area is 143 Å². The fraction of sp³-hybridized carbons (Fsp3) is 0.125. The largest absolute Gasteiger partial charge is 0.481 e. The van der Waals surface area contributed by atoms with E-state index in [0.717, 1.165) is 11.4 Å². The Hall–Kier alpha value is -1.50. The van der Waals surface area contributed by atoms with Crippen molar-refractivity contribution in [1.82, 2.24) is 0 Å². The maximum absolute atomic E-state index is 10.6. The number of hydrogen-bond acceptors (Lipinski definition) is 4. The molecule has 2 aromatic rings.